The highest BCUT2D eigenvalue weighted by Crippen LogP contribution is 2.26. The van der Waals surface area contributed by atoms with Gasteiger partial charge in [0.15, 0.2) is 0 Å². The van der Waals surface area contributed by atoms with E-state index >= 15 is 0 Å². The summed E-state index contributed by atoms with van der Waals surface area (Å²) in [4.78, 5) is 12.0. The average Bonchev–Trinajstić information content (AvgIpc) is 2.34. The molecular formula is C14H11BrFNO2. The van der Waals surface area contributed by atoms with Crippen molar-refractivity contribution in [2.75, 3.05) is 5.32 Å². The molecular weight excluding hydrogens is 313 g/mol. The second-order valence-corrected chi connectivity index (χ2v) is 4.85. The fraction of sp³-hybridized carbons (Fsp3) is 0.0714. The number of hydrogen-bond donors (Lipinski definition) is 2. The van der Waals surface area contributed by atoms with Crippen molar-refractivity contribution in [3.63, 3.8) is 0 Å². The third-order valence-electron chi connectivity index (χ3n) is 2.64. The quantitative estimate of drug-likeness (QED) is 0.881. The zero-order valence-electron chi connectivity index (χ0n) is 10.1. The summed E-state index contributed by atoms with van der Waals surface area (Å²) in [6.07, 6.45) is 0. The summed E-state index contributed by atoms with van der Waals surface area (Å²) in [5, 5.41) is 11.7. The van der Waals surface area contributed by atoms with Gasteiger partial charge < -0.3 is 10.4 Å². The number of hydrogen-bond acceptors (Lipinski definition) is 2. The Bertz CT molecular complexity index is 643. The molecule has 1 amide bonds. The number of halogens is 2. The van der Waals surface area contributed by atoms with Crippen LogP contribution in [-0.2, 0) is 0 Å². The monoisotopic (exact) mass is 323 g/mol. The molecule has 0 saturated heterocycles. The van der Waals surface area contributed by atoms with Crippen molar-refractivity contribution >= 4 is 27.5 Å². The van der Waals surface area contributed by atoms with Crippen LogP contribution in [-0.4, -0.2) is 11.0 Å². The Morgan fingerprint density at radius 2 is 2.05 bits per heavy atom. The molecule has 2 rings (SSSR count). The van der Waals surface area contributed by atoms with Crippen molar-refractivity contribution in [1.82, 2.24) is 0 Å². The van der Waals surface area contributed by atoms with Crippen molar-refractivity contribution in [2.45, 2.75) is 6.92 Å². The van der Waals surface area contributed by atoms with Gasteiger partial charge in [0.1, 0.15) is 11.6 Å². The number of rotatable bonds is 2. The molecule has 0 atom stereocenters. The van der Waals surface area contributed by atoms with Crippen molar-refractivity contribution < 1.29 is 14.3 Å². The standard InChI is InChI=1S/C14H11BrFNO2/c1-8-3-2-4-12(13(8)15)17-14(19)10-6-5-9(18)7-11(10)16/h2-7,18H,1H3,(H,17,19). The number of carbonyl (C=O) groups is 1. The lowest BCUT2D eigenvalue weighted by molar-refractivity contribution is 0.102. The number of phenolic OH excluding ortho intramolecular Hbond substituents is 1. The van der Waals surface area contributed by atoms with E-state index in [-0.39, 0.29) is 11.3 Å². The molecule has 0 fully saturated rings. The SMILES string of the molecule is Cc1cccc(NC(=O)c2ccc(O)cc2F)c1Br. The molecule has 0 aliphatic heterocycles. The number of benzene rings is 2. The highest BCUT2D eigenvalue weighted by molar-refractivity contribution is 9.10. The molecule has 0 saturated carbocycles. The summed E-state index contributed by atoms with van der Waals surface area (Å²) in [7, 11) is 0. The van der Waals surface area contributed by atoms with Crippen LogP contribution in [0.4, 0.5) is 10.1 Å². The Hall–Kier alpha value is -1.88. The van der Waals surface area contributed by atoms with Crippen LogP contribution in [0.5, 0.6) is 5.75 Å². The molecule has 0 bridgehead atoms. The first-order valence-electron chi connectivity index (χ1n) is 5.54. The lowest BCUT2D eigenvalue weighted by atomic mass is 10.1. The molecule has 98 valence electrons. The van der Waals surface area contributed by atoms with Gasteiger partial charge in [0.2, 0.25) is 0 Å². The first kappa shape index (κ1) is 13.5. The molecule has 19 heavy (non-hydrogen) atoms. The van der Waals surface area contributed by atoms with Crippen molar-refractivity contribution in [1.29, 1.82) is 0 Å². The van der Waals surface area contributed by atoms with E-state index in [2.05, 4.69) is 21.2 Å². The van der Waals surface area contributed by atoms with E-state index in [1.54, 1.807) is 12.1 Å². The molecule has 0 aromatic heterocycles. The van der Waals surface area contributed by atoms with E-state index in [9.17, 15) is 9.18 Å². The van der Waals surface area contributed by atoms with Crippen molar-refractivity contribution in [2.24, 2.45) is 0 Å². The minimum Gasteiger partial charge on any atom is -0.508 e. The summed E-state index contributed by atoms with van der Waals surface area (Å²) < 4.78 is 14.3. The molecule has 0 heterocycles. The smallest absolute Gasteiger partial charge is 0.258 e. The lowest BCUT2D eigenvalue weighted by Gasteiger charge is -2.09. The minimum atomic E-state index is -0.763. The fourth-order valence-electron chi connectivity index (χ4n) is 1.62. The van der Waals surface area contributed by atoms with Gasteiger partial charge in [-0.3, -0.25) is 4.79 Å². The normalized spacial score (nSPS) is 10.3. The predicted octanol–water partition coefficient (Wildman–Crippen LogP) is 3.85. The second-order valence-electron chi connectivity index (χ2n) is 4.05. The van der Waals surface area contributed by atoms with Gasteiger partial charge in [-0.2, -0.15) is 0 Å². The van der Waals surface area contributed by atoms with Crippen molar-refractivity contribution in [3.05, 3.63) is 57.8 Å². The predicted molar refractivity (Wildman–Crippen MR) is 74.9 cm³/mol. The number of amides is 1. The molecule has 2 aromatic carbocycles. The molecule has 5 heteroatoms. The Balaban J connectivity index is 2.28. The van der Waals surface area contributed by atoms with E-state index in [1.807, 2.05) is 13.0 Å². The second kappa shape index (κ2) is 5.40. The molecule has 0 aliphatic rings. The number of anilines is 1. The summed E-state index contributed by atoms with van der Waals surface area (Å²) in [5.41, 5.74) is 1.41. The van der Waals surface area contributed by atoms with Crippen LogP contribution < -0.4 is 5.32 Å². The number of carbonyl (C=O) groups excluding carboxylic acids is 1. The molecule has 0 spiro atoms. The van der Waals surface area contributed by atoms with Gasteiger partial charge in [0.25, 0.3) is 5.91 Å². The van der Waals surface area contributed by atoms with Gasteiger partial charge in [-0.15, -0.1) is 0 Å². The lowest BCUT2D eigenvalue weighted by Crippen LogP contribution is -2.14. The Morgan fingerprint density at radius 1 is 1.32 bits per heavy atom. The van der Waals surface area contributed by atoms with Crippen LogP contribution >= 0.6 is 15.9 Å². The fourth-order valence-corrected chi connectivity index (χ4v) is 1.99. The van der Waals surface area contributed by atoms with E-state index in [0.717, 1.165) is 16.1 Å². The Labute approximate surface area is 118 Å². The Morgan fingerprint density at radius 3 is 2.74 bits per heavy atom. The summed E-state index contributed by atoms with van der Waals surface area (Å²) in [6.45, 7) is 1.89. The van der Waals surface area contributed by atoms with Crippen LogP contribution in [0.2, 0.25) is 0 Å². The molecule has 0 aliphatic carbocycles. The molecule has 0 unspecified atom stereocenters. The summed E-state index contributed by atoms with van der Waals surface area (Å²) in [5.74, 6) is -1.55. The first-order chi connectivity index (χ1) is 8.99. The maximum atomic E-state index is 13.6. The highest BCUT2D eigenvalue weighted by Gasteiger charge is 2.14. The van der Waals surface area contributed by atoms with Gasteiger partial charge in [-0.05, 0) is 46.6 Å². The topological polar surface area (TPSA) is 49.3 Å². The summed E-state index contributed by atoms with van der Waals surface area (Å²) in [6, 6.07) is 8.81. The highest BCUT2D eigenvalue weighted by atomic mass is 79.9. The Kier molecular flexibility index (Phi) is 3.85. The maximum Gasteiger partial charge on any atom is 0.258 e. The van der Waals surface area contributed by atoms with E-state index in [0.29, 0.717) is 5.69 Å². The largest absolute Gasteiger partial charge is 0.508 e. The average molecular weight is 324 g/mol. The minimum absolute atomic E-state index is 0.119. The van der Waals surface area contributed by atoms with Crippen LogP contribution in [0.3, 0.4) is 0 Å². The van der Waals surface area contributed by atoms with E-state index < -0.39 is 11.7 Å². The van der Waals surface area contributed by atoms with Gasteiger partial charge >= 0.3 is 0 Å². The van der Waals surface area contributed by atoms with E-state index in [1.165, 1.54) is 12.1 Å². The number of aryl methyl sites for hydroxylation is 1. The third-order valence-corrected chi connectivity index (χ3v) is 3.69. The molecule has 2 N–H and O–H groups in total. The van der Waals surface area contributed by atoms with Crippen LogP contribution in [0.1, 0.15) is 15.9 Å². The maximum absolute atomic E-state index is 13.6. The van der Waals surface area contributed by atoms with Gasteiger partial charge in [-0.1, -0.05) is 12.1 Å². The van der Waals surface area contributed by atoms with Gasteiger partial charge in [-0.25, -0.2) is 4.39 Å². The van der Waals surface area contributed by atoms with E-state index in [4.69, 9.17) is 5.11 Å². The van der Waals surface area contributed by atoms with Crippen LogP contribution in [0, 0.1) is 12.7 Å². The number of aromatic hydroxyl groups is 1. The third kappa shape index (κ3) is 2.93. The molecule has 0 radical (unpaired) electrons. The van der Waals surface area contributed by atoms with Gasteiger partial charge in [0.05, 0.1) is 11.3 Å². The molecule has 2 aromatic rings. The van der Waals surface area contributed by atoms with Crippen LogP contribution in [0.25, 0.3) is 0 Å². The van der Waals surface area contributed by atoms with Crippen LogP contribution in [0.15, 0.2) is 40.9 Å². The number of phenols is 1. The van der Waals surface area contributed by atoms with Gasteiger partial charge in [0, 0.05) is 10.5 Å². The zero-order valence-corrected chi connectivity index (χ0v) is 11.7. The zero-order chi connectivity index (χ0) is 14.0. The summed E-state index contributed by atoms with van der Waals surface area (Å²) >= 11 is 3.36. The first-order valence-corrected chi connectivity index (χ1v) is 6.33. The molecule has 3 nitrogen and oxygen atoms in total. The number of nitrogens with one attached hydrogen (secondary N) is 1. The van der Waals surface area contributed by atoms with Crippen molar-refractivity contribution in [3.8, 4) is 5.75 Å².